The second-order valence-electron chi connectivity index (χ2n) is 7.90. The second kappa shape index (κ2) is 8.11. The number of hydrogen-bond donors (Lipinski definition) is 1. The third kappa shape index (κ3) is 4.34. The molecule has 4 rings (SSSR count). The molecule has 0 aliphatic carbocycles. The van der Waals surface area contributed by atoms with Gasteiger partial charge in [0.2, 0.25) is 5.95 Å². The number of aromatic nitrogens is 2. The summed E-state index contributed by atoms with van der Waals surface area (Å²) >= 11 is 0. The van der Waals surface area contributed by atoms with Gasteiger partial charge in [-0.3, -0.25) is 0 Å². The van der Waals surface area contributed by atoms with E-state index in [9.17, 15) is 0 Å². The average molecular weight is 388 g/mol. The summed E-state index contributed by atoms with van der Waals surface area (Å²) in [5.41, 5.74) is 7.14. The van der Waals surface area contributed by atoms with Gasteiger partial charge in [0.05, 0.1) is 0 Å². The van der Waals surface area contributed by atoms with Crippen molar-refractivity contribution in [3.05, 3.63) is 70.9 Å². The van der Waals surface area contributed by atoms with Crippen LogP contribution < -0.4 is 15.1 Å². The number of benzene rings is 2. The predicted octanol–water partition coefficient (Wildman–Crippen LogP) is 4.78. The van der Waals surface area contributed by atoms with E-state index in [1.165, 1.54) is 22.4 Å². The lowest BCUT2D eigenvalue weighted by Gasteiger charge is -2.36. The zero-order valence-electron chi connectivity index (χ0n) is 17.7. The van der Waals surface area contributed by atoms with Gasteiger partial charge in [-0.05, 0) is 51.0 Å². The molecule has 1 fully saturated rings. The topological polar surface area (TPSA) is 44.3 Å². The Balaban J connectivity index is 1.51. The fourth-order valence-electron chi connectivity index (χ4n) is 4.07. The normalized spacial score (nSPS) is 14.2. The Kier molecular flexibility index (Phi) is 5.38. The van der Waals surface area contributed by atoms with Gasteiger partial charge >= 0.3 is 0 Å². The number of hydrogen-bond acceptors (Lipinski definition) is 5. The molecule has 5 nitrogen and oxygen atoms in total. The van der Waals surface area contributed by atoms with Crippen molar-refractivity contribution >= 4 is 23.1 Å². The van der Waals surface area contributed by atoms with Crippen LogP contribution in [0.2, 0.25) is 0 Å². The fourth-order valence-corrected chi connectivity index (χ4v) is 4.07. The van der Waals surface area contributed by atoms with E-state index in [0.717, 1.165) is 49.3 Å². The number of aryl methyl sites for hydroxylation is 4. The Morgan fingerprint density at radius 2 is 1.38 bits per heavy atom. The smallest absolute Gasteiger partial charge is 0.227 e. The first kappa shape index (κ1) is 19.2. The Hall–Kier alpha value is -3.08. The van der Waals surface area contributed by atoms with Gasteiger partial charge in [0, 0.05) is 49.3 Å². The maximum atomic E-state index is 4.84. The van der Waals surface area contributed by atoms with Crippen LogP contribution in [-0.2, 0) is 0 Å². The average Bonchev–Trinajstić information content (AvgIpc) is 2.71. The van der Waals surface area contributed by atoms with Gasteiger partial charge < -0.3 is 15.1 Å². The number of piperazine rings is 1. The number of nitrogens with zero attached hydrogens (tertiary/aromatic N) is 4. The van der Waals surface area contributed by atoms with E-state index in [2.05, 4.69) is 78.4 Å². The summed E-state index contributed by atoms with van der Waals surface area (Å²) in [7, 11) is 0. The maximum absolute atomic E-state index is 4.84. The summed E-state index contributed by atoms with van der Waals surface area (Å²) in [5, 5.41) is 3.53. The maximum Gasteiger partial charge on any atom is 0.227 e. The van der Waals surface area contributed by atoms with E-state index in [-0.39, 0.29) is 0 Å². The van der Waals surface area contributed by atoms with E-state index in [4.69, 9.17) is 9.97 Å². The summed E-state index contributed by atoms with van der Waals surface area (Å²) in [6, 6.07) is 17.0. The number of anilines is 4. The zero-order valence-corrected chi connectivity index (χ0v) is 17.7. The molecule has 1 N–H and O–H groups in total. The summed E-state index contributed by atoms with van der Waals surface area (Å²) in [5.74, 6) is 1.66. The van der Waals surface area contributed by atoms with Crippen molar-refractivity contribution in [2.24, 2.45) is 0 Å². The minimum Gasteiger partial charge on any atom is -0.368 e. The van der Waals surface area contributed by atoms with Gasteiger partial charge in [-0.15, -0.1) is 0 Å². The van der Waals surface area contributed by atoms with Crippen molar-refractivity contribution < 1.29 is 0 Å². The van der Waals surface area contributed by atoms with Crippen LogP contribution in [0.25, 0.3) is 0 Å². The number of rotatable bonds is 4. The van der Waals surface area contributed by atoms with Crippen molar-refractivity contribution in [3.8, 4) is 0 Å². The lowest BCUT2D eigenvalue weighted by Crippen LogP contribution is -2.47. The Morgan fingerprint density at radius 1 is 0.759 bits per heavy atom. The third-order valence-electron chi connectivity index (χ3n) is 5.46. The molecule has 5 heteroatoms. The van der Waals surface area contributed by atoms with Gasteiger partial charge in [-0.1, -0.05) is 35.9 Å². The first-order valence-electron chi connectivity index (χ1n) is 10.2. The van der Waals surface area contributed by atoms with E-state index in [1.807, 2.05) is 13.0 Å². The van der Waals surface area contributed by atoms with E-state index >= 15 is 0 Å². The molecule has 0 amide bonds. The van der Waals surface area contributed by atoms with Crippen LogP contribution in [-0.4, -0.2) is 36.1 Å². The summed E-state index contributed by atoms with van der Waals surface area (Å²) in [6.45, 7) is 12.2. The Labute approximate surface area is 173 Å². The van der Waals surface area contributed by atoms with Crippen LogP contribution in [0, 0.1) is 27.7 Å². The monoisotopic (exact) mass is 387 g/mol. The van der Waals surface area contributed by atoms with Gasteiger partial charge in [0.1, 0.15) is 5.82 Å². The molecule has 0 radical (unpaired) electrons. The van der Waals surface area contributed by atoms with Crippen LogP contribution >= 0.6 is 0 Å². The molecule has 0 unspecified atom stereocenters. The SMILES string of the molecule is Cc1cc(C)c(Nc2cc(C)nc(N3CCN(c4ccccc4)CC3)n2)c(C)c1. The van der Waals surface area contributed by atoms with Crippen molar-refractivity contribution in [2.75, 3.05) is 41.3 Å². The number of para-hydroxylation sites is 1. The molecule has 1 aliphatic heterocycles. The highest BCUT2D eigenvalue weighted by molar-refractivity contribution is 5.66. The van der Waals surface area contributed by atoms with E-state index in [1.54, 1.807) is 0 Å². The quantitative estimate of drug-likeness (QED) is 0.698. The molecular weight excluding hydrogens is 358 g/mol. The van der Waals surface area contributed by atoms with Crippen LogP contribution in [0.1, 0.15) is 22.4 Å². The van der Waals surface area contributed by atoms with Gasteiger partial charge in [0.25, 0.3) is 0 Å². The highest BCUT2D eigenvalue weighted by atomic mass is 15.3. The second-order valence-corrected chi connectivity index (χ2v) is 7.90. The minimum absolute atomic E-state index is 0.808. The van der Waals surface area contributed by atoms with Crippen LogP contribution in [0.5, 0.6) is 0 Å². The molecule has 2 aromatic carbocycles. The summed E-state index contributed by atoms with van der Waals surface area (Å²) < 4.78 is 0. The molecule has 0 saturated carbocycles. The van der Waals surface area contributed by atoms with Crippen molar-refractivity contribution in [1.29, 1.82) is 0 Å². The first-order chi connectivity index (χ1) is 14.0. The molecule has 0 spiro atoms. The zero-order chi connectivity index (χ0) is 20.4. The Morgan fingerprint density at radius 3 is 2.03 bits per heavy atom. The molecule has 3 aromatic rings. The third-order valence-corrected chi connectivity index (χ3v) is 5.46. The number of nitrogens with one attached hydrogen (secondary N) is 1. The standard InChI is InChI=1S/C24H29N5/c1-17-14-18(2)23(19(3)15-17)26-22-16-20(4)25-24(27-22)29-12-10-28(11-13-29)21-8-6-5-7-9-21/h5-9,14-16H,10-13H2,1-4H3,(H,25,26,27). The lowest BCUT2D eigenvalue weighted by molar-refractivity contribution is 0.639. The minimum atomic E-state index is 0.808. The highest BCUT2D eigenvalue weighted by Gasteiger charge is 2.20. The van der Waals surface area contributed by atoms with Crippen molar-refractivity contribution in [1.82, 2.24) is 9.97 Å². The molecule has 1 saturated heterocycles. The lowest BCUT2D eigenvalue weighted by atomic mass is 10.1. The van der Waals surface area contributed by atoms with Crippen molar-refractivity contribution in [2.45, 2.75) is 27.7 Å². The molecule has 0 bridgehead atoms. The molecule has 2 heterocycles. The fraction of sp³-hybridized carbons (Fsp3) is 0.333. The highest BCUT2D eigenvalue weighted by Crippen LogP contribution is 2.26. The molecule has 1 aromatic heterocycles. The summed E-state index contributed by atoms with van der Waals surface area (Å²) in [6.07, 6.45) is 0. The largest absolute Gasteiger partial charge is 0.368 e. The van der Waals surface area contributed by atoms with Gasteiger partial charge in [-0.2, -0.15) is 4.98 Å². The summed E-state index contributed by atoms with van der Waals surface area (Å²) in [4.78, 5) is 14.3. The molecule has 150 valence electrons. The molecule has 29 heavy (non-hydrogen) atoms. The van der Waals surface area contributed by atoms with E-state index in [0.29, 0.717) is 0 Å². The van der Waals surface area contributed by atoms with Gasteiger partial charge in [-0.25, -0.2) is 4.98 Å². The van der Waals surface area contributed by atoms with E-state index < -0.39 is 0 Å². The van der Waals surface area contributed by atoms with Gasteiger partial charge in [0.15, 0.2) is 0 Å². The van der Waals surface area contributed by atoms with Crippen molar-refractivity contribution in [3.63, 3.8) is 0 Å². The first-order valence-corrected chi connectivity index (χ1v) is 10.2. The molecular formula is C24H29N5. The predicted molar refractivity (Wildman–Crippen MR) is 122 cm³/mol. The van der Waals surface area contributed by atoms with Crippen LogP contribution in [0.3, 0.4) is 0 Å². The van der Waals surface area contributed by atoms with Crippen LogP contribution in [0.15, 0.2) is 48.5 Å². The Bertz CT molecular complexity index is 968. The van der Waals surface area contributed by atoms with Crippen LogP contribution in [0.4, 0.5) is 23.1 Å². The molecule has 1 aliphatic rings. The molecule has 0 atom stereocenters.